The third-order valence-corrected chi connectivity index (χ3v) is 2.10. The third-order valence-electron chi connectivity index (χ3n) is 2.10. The molecule has 0 atom stereocenters. The summed E-state index contributed by atoms with van der Waals surface area (Å²) in [7, 11) is 0. The summed E-state index contributed by atoms with van der Waals surface area (Å²) in [4.78, 5) is 11.7. The van der Waals surface area contributed by atoms with Gasteiger partial charge in [0.15, 0.2) is 0 Å². The van der Waals surface area contributed by atoms with Crippen molar-refractivity contribution < 1.29 is 9.18 Å². The van der Waals surface area contributed by atoms with E-state index in [9.17, 15) is 9.18 Å². The SMILES string of the molecule is O=C(Nc1cc[c]cc1F)c1ccccc1. The number of amides is 1. The predicted molar refractivity (Wildman–Crippen MR) is 59.6 cm³/mol. The van der Waals surface area contributed by atoms with Gasteiger partial charge in [0, 0.05) is 5.56 Å². The average molecular weight is 214 g/mol. The van der Waals surface area contributed by atoms with Crippen LogP contribution in [0.25, 0.3) is 0 Å². The standard InChI is InChI=1S/C13H9FNO/c14-11-8-4-5-9-12(11)15-13(16)10-6-2-1-3-7-10/h1-3,5-9H,(H,15,16). The van der Waals surface area contributed by atoms with Gasteiger partial charge in [-0.05, 0) is 30.3 Å². The van der Waals surface area contributed by atoms with Crippen molar-refractivity contribution in [3.05, 3.63) is 66.0 Å². The molecule has 0 fully saturated rings. The normalized spacial score (nSPS) is 9.81. The molecule has 0 saturated carbocycles. The Kier molecular flexibility index (Phi) is 2.96. The molecule has 0 aromatic heterocycles. The van der Waals surface area contributed by atoms with Crippen molar-refractivity contribution >= 4 is 11.6 Å². The van der Waals surface area contributed by atoms with Crippen LogP contribution in [0.4, 0.5) is 10.1 Å². The Morgan fingerprint density at radius 2 is 1.94 bits per heavy atom. The van der Waals surface area contributed by atoms with Crippen molar-refractivity contribution in [3.63, 3.8) is 0 Å². The molecule has 0 unspecified atom stereocenters. The van der Waals surface area contributed by atoms with Gasteiger partial charge in [-0.3, -0.25) is 4.79 Å². The fourth-order valence-electron chi connectivity index (χ4n) is 1.30. The molecule has 3 heteroatoms. The molecule has 0 aliphatic carbocycles. The Bertz CT molecular complexity index is 496. The second-order valence-corrected chi connectivity index (χ2v) is 3.23. The van der Waals surface area contributed by atoms with Crippen LogP contribution >= 0.6 is 0 Å². The van der Waals surface area contributed by atoms with E-state index in [2.05, 4.69) is 11.4 Å². The molecule has 2 aromatic rings. The summed E-state index contributed by atoms with van der Waals surface area (Å²) in [5.74, 6) is -0.822. The highest BCUT2D eigenvalue weighted by Gasteiger charge is 2.07. The van der Waals surface area contributed by atoms with Crippen LogP contribution in [-0.4, -0.2) is 5.91 Å². The minimum atomic E-state index is -0.494. The minimum Gasteiger partial charge on any atom is -0.319 e. The van der Waals surface area contributed by atoms with Crippen LogP contribution in [0.2, 0.25) is 0 Å². The number of carbonyl (C=O) groups excluding carboxylic acids is 1. The van der Waals surface area contributed by atoms with Gasteiger partial charge in [-0.2, -0.15) is 0 Å². The molecular formula is C13H9FNO. The molecule has 2 nitrogen and oxygen atoms in total. The van der Waals surface area contributed by atoms with Gasteiger partial charge in [-0.1, -0.05) is 24.3 Å². The van der Waals surface area contributed by atoms with Gasteiger partial charge in [-0.15, -0.1) is 0 Å². The van der Waals surface area contributed by atoms with Crippen LogP contribution in [0.15, 0.2) is 48.5 Å². The van der Waals surface area contributed by atoms with Crippen LogP contribution in [0.5, 0.6) is 0 Å². The molecule has 2 aromatic carbocycles. The number of hydrogen-bond acceptors (Lipinski definition) is 1. The second-order valence-electron chi connectivity index (χ2n) is 3.23. The third kappa shape index (κ3) is 2.25. The fraction of sp³-hybridized carbons (Fsp3) is 0. The predicted octanol–water partition coefficient (Wildman–Crippen LogP) is 2.88. The molecule has 0 aliphatic rings. The lowest BCUT2D eigenvalue weighted by molar-refractivity contribution is 0.102. The Morgan fingerprint density at radius 3 is 2.62 bits per heavy atom. The molecule has 0 spiro atoms. The molecule has 0 bridgehead atoms. The zero-order valence-electron chi connectivity index (χ0n) is 8.41. The highest BCUT2D eigenvalue weighted by atomic mass is 19.1. The van der Waals surface area contributed by atoms with Gasteiger partial charge in [0.2, 0.25) is 0 Å². The van der Waals surface area contributed by atoms with Crippen molar-refractivity contribution in [2.45, 2.75) is 0 Å². The van der Waals surface area contributed by atoms with Gasteiger partial charge in [-0.25, -0.2) is 4.39 Å². The van der Waals surface area contributed by atoms with E-state index in [1.54, 1.807) is 30.3 Å². The Hall–Kier alpha value is -2.16. The molecule has 16 heavy (non-hydrogen) atoms. The molecule has 0 heterocycles. The van der Waals surface area contributed by atoms with E-state index < -0.39 is 5.82 Å². The lowest BCUT2D eigenvalue weighted by atomic mass is 10.2. The molecule has 0 saturated heterocycles. The van der Waals surface area contributed by atoms with E-state index in [1.165, 1.54) is 12.1 Å². The van der Waals surface area contributed by atoms with E-state index in [-0.39, 0.29) is 11.6 Å². The molecule has 1 radical (unpaired) electrons. The molecule has 2 rings (SSSR count). The van der Waals surface area contributed by atoms with Gasteiger partial charge >= 0.3 is 0 Å². The molecule has 1 N–H and O–H groups in total. The topological polar surface area (TPSA) is 29.1 Å². The lowest BCUT2D eigenvalue weighted by Gasteiger charge is -2.05. The number of carbonyl (C=O) groups is 1. The minimum absolute atomic E-state index is 0.160. The molecule has 79 valence electrons. The quantitative estimate of drug-likeness (QED) is 0.818. The van der Waals surface area contributed by atoms with Gasteiger partial charge in [0.1, 0.15) is 5.82 Å². The molecule has 0 aliphatic heterocycles. The van der Waals surface area contributed by atoms with Gasteiger partial charge < -0.3 is 5.32 Å². The average Bonchev–Trinajstić information content (AvgIpc) is 2.33. The first-order chi connectivity index (χ1) is 7.77. The second kappa shape index (κ2) is 4.57. The van der Waals surface area contributed by atoms with Crippen molar-refractivity contribution in [2.75, 3.05) is 5.32 Å². The maximum Gasteiger partial charge on any atom is 0.255 e. The number of nitrogens with one attached hydrogen (secondary N) is 1. The van der Waals surface area contributed by atoms with Gasteiger partial charge in [0.25, 0.3) is 5.91 Å². The summed E-state index contributed by atoms with van der Waals surface area (Å²) in [6.07, 6.45) is 0. The summed E-state index contributed by atoms with van der Waals surface area (Å²) in [6.45, 7) is 0. The zero-order chi connectivity index (χ0) is 11.4. The number of benzene rings is 2. The van der Waals surface area contributed by atoms with Crippen LogP contribution in [0.1, 0.15) is 10.4 Å². The number of halogens is 1. The van der Waals surface area contributed by atoms with Crippen molar-refractivity contribution in [1.29, 1.82) is 0 Å². The van der Waals surface area contributed by atoms with E-state index in [0.717, 1.165) is 0 Å². The van der Waals surface area contributed by atoms with Crippen molar-refractivity contribution in [3.8, 4) is 0 Å². The number of hydrogen-bond donors (Lipinski definition) is 1. The summed E-state index contributed by atoms with van der Waals surface area (Å²) in [5, 5.41) is 2.49. The maximum atomic E-state index is 13.2. The number of rotatable bonds is 2. The molecular weight excluding hydrogens is 205 g/mol. The largest absolute Gasteiger partial charge is 0.319 e. The Morgan fingerprint density at radius 1 is 1.19 bits per heavy atom. The smallest absolute Gasteiger partial charge is 0.255 e. The first-order valence-electron chi connectivity index (χ1n) is 4.79. The Balaban J connectivity index is 2.18. The fourth-order valence-corrected chi connectivity index (χ4v) is 1.30. The van der Waals surface area contributed by atoms with E-state index >= 15 is 0 Å². The van der Waals surface area contributed by atoms with E-state index in [1.807, 2.05) is 6.07 Å². The highest BCUT2D eigenvalue weighted by Crippen LogP contribution is 2.13. The maximum absolute atomic E-state index is 13.2. The van der Waals surface area contributed by atoms with Crippen molar-refractivity contribution in [1.82, 2.24) is 0 Å². The van der Waals surface area contributed by atoms with Crippen LogP contribution in [-0.2, 0) is 0 Å². The van der Waals surface area contributed by atoms with Gasteiger partial charge in [0.05, 0.1) is 5.69 Å². The number of anilines is 1. The molecule has 1 amide bonds. The summed E-state index contributed by atoms with van der Waals surface area (Å²) in [5.41, 5.74) is 0.655. The first-order valence-corrected chi connectivity index (χ1v) is 4.79. The summed E-state index contributed by atoms with van der Waals surface area (Å²) < 4.78 is 13.2. The van der Waals surface area contributed by atoms with Crippen LogP contribution in [0.3, 0.4) is 0 Å². The Labute approximate surface area is 92.7 Å². The monoisotopic (exact) mass is 214 g/mol. The highest BCUT2D eigenvalue weighted by molar-refractivity contribution is 6.04. The van der Waals surface area contributed by atoms with Crippen LogP contribution < -0.4 is 5.32 Å². The zero-order valence-corrected chi connectivity index (χ0v) is 8.41. The van der Waals surface area contributed by atoms with Crippen LogP contribution in [0, 0.1) is 11.9 Å². The lowest BCUT2D eigenvalue weighted by Crippen LogP contribution is -2.12. The van der Waals surface area contributed by atoms with E-state index in [4.69, 9.17) is 0 Å². The van der Waals surface area contributed by atoms with Crippen molar-refractivity contribution in [2.24, 2.45) is 0 Å². The first kappa shape index (κ1) is 10.4. The van der Waals surface area contributed by atoms with E-state index in [0.29, 0.717) is 5.56 Å². The summed E-state index contributed by atoms with van der Waals surface area (Å²) in [6, 6.07) is 15.4. The summed E-state index contributed by atoms with van der Waals surface area (Å²) >= 11 is 0.